The number of aromatic nitrogens is 2. The largest absolute Gasteiger partial charge is 0.462 e. The fourth-order valence-corrected chi connectivity index (χ4v) is 4.18. The molecule has 2 heterocycles. The summed E-state index contributed by atoms with van der Waals surface area (Å²) in [6.45, 7) is 0.272. The van der Waals surface area contributed by atoms with Crippen molar-refractivity contribution in [3.63, 3.8) is 0 Å². The first-order valence-corrected chi connectivity index (χ1v) is 11.0. The molecule has 0 saturated carbocycles. The van der Waals surface area contributed by atoms with Crippen LogP contribution in [0.2, 0.25) is 10.0 Å². The molecule has 1 aliphatic rings. The normalized spacial score (nSPS) is 25.0. The molecule has 0 aliphatic carbocycles. The number of aliphatic hydroxyl groups excluding tert-OH is 2. The van der Waals surface area contributed by atoms with Crippen molar-refractivity contribution in [2.75, 3.05) is 13.2 Å². The number of unbranched alkanes of at least 4 members (excludes halogenated alkanes) is 1. The minimum Gasteiger partial charge on any atom is -0.462 e. The van der Waals surface area contributed by atoms with Gasteiger partial charge in [0.2, 0.25) is 0 Å². The van der Waals surface area contributed by atoms with E-state index in [1.165, 1.54) is 0 Å². The summed E-state index contributed by atoms with van der Waals surface area (Å²) in [5.74, 6) is -0.601. The monoisotopic (exact) mass is 524 g/mol. The Labute approximate surface area is 191 Å². The number of carbonyl (C=O) groups is 1. The van der Waals surface area contributed by atoms with E-state index in [4.69, 9.17) is 44.1 Å². The van der Waals surface area contributed by atoms with Crippen molar-refractivity contribution in [1.29, 1.82) is 0 Å². The molecule has 0 spiro atoms. The first-order valence-electron chi connectivity index (χ1n) is 9.41. The van der Waals surface area contributed by atoms with E-state index in [0.717, 1.165) is 6.42 Å². The van der Waals surface area contributed by atoms with Gasteiger partial charge in [0.25, 0.3) is 0 Å². The first-order chi connectivity index (χ1) is 14.2. The summed E-state index contributed by atoms with van der Waals surface area (Å²) in [6.07, 6.45) is -2.59. The highest BCUT2D eigenvalue weighted by atomic mass is 79.9. The molecule has 9 nitrogen and oxygen atoms in total. The van der Waals surface area contributed by atoms with Gasteiger partial charge in [0.05, 0.1) is 21.1 Å². The molecule has 0 bridgehead atoms. The van der Waals surface area contributed by atoms with E-state index in [1.807, 2.05) is 0 Å². The molecule has 3 rings (SSSR count). The number of esters is 1. The molecular formula is C18H23BrCl2N4O5. The van der Waals surface area contributed by atoms with E-state index in [2.05, 4.69) is 20.9 Å². The van der Waals surface area contributed by atoms with E-state index < -0.39 is 36.6 Å². The van der Waals surface area contributed by atoms with Crippen molar-refractivity contribution in [2.45, 2.75) is 49.8 Å². The SMILES string of the molecule is NCCCC[C@H](N)C(=O)OCC1OC(n2c(Br)nc3cc(Cl)c(Cl)cc32)C(O)C1O. The molecule has 4 unspecified atom stereocenters. The number of nitrogens with two attached hydrogens (primary N) is 2. The van der Waals surface area contributed by atoms with Crippen LogP contribution in [0, 0.1) is 0 Å². The van der Waals surface area contributed by atoms with Crippen molar-refractivity contribution in [2.24, 2.45) is 11.5 Å². The van der Waals surface area contributed by atoms with Crippen molar-refractivity contribution in [3.05, 3.63) is 26.9 Å². The number of imidazole rings is 1. The van der Waals surface area contributed by atoms with Crippen LogP contribution < -0.4 is 11.5 Å². The molecule has 30 heavy (non-hydrogen) atoms. The lowest BCUT2D eigenvalue weighted by Crippen LogP contribution is -2.38. The van der Waals surface area contributed by atoms with E-state index in [9.17, 15) is 15.0 Å². The van der Waals surface area contributed by atoms with Crippen molar-refractivity contribution in [1.82, 2.24) is 9.55 Å². The number of carbonyl (C=O) groups excluding carboxylic acids is 1. The Hall–Kier alpha value is -0.980. The molecular weight excluding hydrogens is 503 g/mol. The third kappa shape index (κ3) is 4.91. The quantitative estimate of drug-likeness (QED) is 0.301. The fourth-order valence-electron chi connectivity index (χ4n) is 3.28. The molecule has 1 fully saturated rings. The predicted octanol–water partition coefficient (Wildman–Crippen LogP) is 1.72. The predicted molar refractivity (Wildman–Crippen MR) is 115 cm³/mol. The average Bonchev–Trinajstić information content (AvgIpc) is 3.16. The van der Waals surface area contributed by atoms with E-state index in [1.54, 1.807) is 16.7 Å². The summed E-state index contributed by atoms with van der Waals surface area (Å²) in [4.78, 5) is 16.4. The van der Waals surface area contributed by atoms with Crippen molar-refractivity contribution < 1.29 is 24.5 Å². The second-order valence-electron chi connectivity index (χ2n) is 7.07. The third-order valence-corrected chi connectivity index (χ3v) is 6.22. The van der Waals surface area contributed by atoms with Gasteiger partial charge in [0, 0.05) is 0 Å². The molecule has 0 radical (unpaired) electrons. The third-order valence-electron chi connectivity index (χ3n) is 4.94. The van der Waals surface area contributed by atoms with Crippen LogP contribution in [0.3, 0.4) is 0 Å². The number of benzene rings is 1. The molecule has 0 amide bonds. The zero-order valence-electron chi connectivity index (χ0n) is 15.9. The maximum absolute atomic E-state index is 12.1. The van der Waals surface area contributed by atoms with E-state index >= 15 is 0 Å². The number of aliphatic hydroxyl groups is 2. The van der Waals surface area contributed by atoms with Crippen LogP contribution in [-0.2, 0) is 14.3 Å². The molecule has 2 aromatic rings. The first kappa shape index (κ1) is 23.7. The zero-order valence-corrected chi connectivity index (χ0v) is 19.0. The summed E-state index contributed by atoms with van der Waals surface area (Å²) in [6, 6.07) is 2.39. The molecule has 1 saturated heterocycles. The van der Waals surface area contributed by atoms with Gasteiger partial charge in [-0.25, -0.2) is 4.98 Å². The summed E-state index contributed by atoms with van der Waals surface area (Å²) in [5, 5.41) is 21.6. The molecule has 1 aliphatic heterocycles. The maximum Gasteiger partial charge on any atom is 0.323 e. The minimum absolute atomic E-state index is 0.255. The zero-order chi connectivity index (χ0) is 22.0. The summed E-state index contributed by atoms with van der Waals surface area (Å²) < 4.78 is 12.9. The van der Waals surface area contributed by atoms with Gasteiger partial charge >= 0.3 is 5.97 Å². The number of ether oxygens (including phenoxy) is 2. The summed E-state index contributed by atoms with van der Waals surface area (Å²) in [5.41, 5.74) is 12.3. The Morgan fingerprint density at radius 2 is 2.00 bits per heavy atom. The molecule has 5 atom stereocenters. The van der Waals surface area contributed by atoms with Gasteiger partial charge in [0.15, 0.2) is 11.0 Å². The van der Waals surface area contributed by atoms with Gasteiger partial charge in [0.1, 0.15) is 31.0 Å². The van der Waals surface area contributed by atoms with Gasteiger partial charge in [-0.2, -0.15) is 0 Å². The number of halogens is 3. The molecule has 166 valence electrons. The topological polar surface area (TPSA) is 146 Å². The summed E-state index contributed by atoms with van der Waals surface area (Å²) >= 11 is 15.5. The average molecular weight is 526 g/mol. The molecule has 1 aromatic carbocycles. The lowest BCUT2D eigenvalue weighted by molar-refractivity contribution is -0.151. The Morgan fingerprint density at radius 1 is 1.30 bits per heavy atom. The standard InChI is InChI=1S/C18H23BrCl2N4O5/c19-18-24-11-5-8(20)9(21)6-12(11)25(18)16-15(27)14(26)13(30-16)7-29-17(28)10(23)3-1-2-4-22/h5-6,10,13-16,26-27H,1-4,7,22-23H2/t10-,13?,14?,15?,16?/m0/s1. The van der Waals surface area contributed by atoms with Crippen molar-refractivity contribution in [3.8, 4) is 0 Å². The summed E-state index contributed by atoms with van der Waals surface area (Å²) in [7, 11) is 0. The highest BCUT2D eigenvalue weighted by Gasteiger charge is 2.45. The lowest BCUT2D eigenvalue weighted by atomic mass is 10.1. The van der Waals surface area contributed by atoms with Gasteiger partial charge in [-0.3, -0.25) is 9.36 Å². The van der Waals surface area contributed by atoms with Crippen LogP contribution in [0.25, 0.3) is 11.0 Å². The second kappa shape index (κ2) is 10.1. The molecule has 6 N–H and O–H groups in total. The van der Waals surface area contributed by atoms with Crippen LogP contribution >= 0.6 is 39.1 Å². The molecule has 1 aromatic heterocycles. The highest BCUT2D eigenvalue weighted by molar-refractivity contribution is 9.10. The van der Waals surface area contributed by atoms with Crippen LogP contribution in [0.1, 0.15) is 25.5 Å². The number of fused-ring (bicyclic) bond motifs is 1. The number of nitrogens with zero attached hydrogens (tertiary/aromatic N) is 2. The van der Waals surface area contributed by atoms with Crippen LogP contribution in [0.15, 0.2) is 16.9 Å². The van der Waals surface area contributed by atoms with Gasteiger partial charge in [-0.1, -0.05) is 29.6 Å². The van der Waals surface area contributed by atoms with E-state index in [-0.39, 0.29) is 6.61 Å². The Kier molecular flexibility index (Phi) is 7.97. The van der Waals surface area contributed by atoms with Crippen LogP contribution in [0.5, 0.6) is 0 Å². The molecule has 12 heteroatoms. The smallest absolute Gasteiger partial charge is 0.323 e. The number of rotatable bonds is 8. The fraction of sp³-hybridized carbons (Fsp3) is 0.556. The highest BCUT2D eigenvalue weighted by Crippen LogP contribution is 2.37. The Morgan fingerprint density at radius 3 is 2.70 bits per heavy atom. The van der Waals surface area contributed by atoms with Gasteiger partial charge in [-0.05, 0) is 47.4 Å². The van der Waals surface area contributed by atoms with Gasteiger partial charge < -0.3 is 31.2 Å². The minimum atomic E-state index is -1.30. The Bertz CT molecular complexity index is 914. The van der Waals surface area contributed by atoms with Crippen molar-refractivity contribution >= 4 is 56.1 Å². The number of hydrogen-bond donors (Lipinski definition) is 4. The lowest BCUT2D eigenvalue weighted by Gasteiger charge is -2.18. The van der Waals surface area contributed by atoms with Crippen LogP contribution in [0.4, 0.5) is 0 Å². The van der Waals surface area contributed by atoms with Gasteiger partial charge in [-0.15, -0.1) is 0 Å². The number of hydrogen-bond acceptors (Lipinski definition) is 8. The Balaban J connectivity index is 1.70. The van der Waals surface area contributed by atoms with Crippen LogP contribution in [-0.4, -0.2) is 63.2 Å². The maximum atomic E-state index is 12.1. The van der Waals surface area contributed by atoms with E-state index in [0.29, 0.717) is 45.2 Å². The second-order valence-corrected chi connectivity index (χ2v) is 8.60.